The Morgan fingerprint density at radius 2 is 2.14 bits per heavy atom. The second kappa shape index (κ2) is 5.21. The van der Waals surface area contributed by atoms with Crippen molar-refractivity contribution in [3.63, 3.8) is 0 Å². The van der Waals surface area contributed by atoms with Crippen LogP contribution in [0.4, 0.5) is 5.13 Å². The summed E-state index contributed by atoms with van der Waals surface area (Å²) < 4.78 is 5.24. The zero-order valence-corrected chi connectivity index (χ0v) is 12.6. The number of thiazole rings is 1. The average molecular weight is 314 g/mol. The van der Waals surface area contributed by atoms with Crippen molar-refractivity contribution in [2.24, 2.45) is 0 Å². The SMILES string of the molecule is O=C1OC(C(=O)Nc2nc(C3CC3)cs2)Cc2ccccc21. The molecule has 0 bridgehead atoms. The van der Waals surface area contributed by atoms with Gasteiger partial charge in [-0.1, -0.05) is 18.2 Å². The van der Waals surface area contributed by atoms with E-state index in [-0.39, 0.29) is 5.91 Å². The Labute approximate surface area is 131 Å². The molecule has 22 heavy (non-hydrogen) atoms. The van der Waals surface area contributed by atoms with Crippen LogP contribution >= 0.6 is 11.3 Å². The highest BCUT2D eigenvalue weighted by molar-refractivity contribution is 7.13. The molecule has 0 spiro atoms. The normalized spacial score (nSPS) is 20.2. The first-order valence-electron chi connectivity index (χ1n) is 7.26. The number of anilines is 1. The lowest BCUT2D eigenvalue weighted by Gasteiger charge is -2.23. The molecule has 0 radical (unpaired) electrons. The number of fused-ring (bicyclic) bond motifs is 1. The van der Waals surface area contributed by atoms with Gasteiger partial charge in [0.1, 0.15) is 0 Å². The van der Waals surface area contributed by atoms with E-state index in [1.165, 1.54) is 24.2 Å². The molecule has 112 valence electrons. The number of cyclic esters (lactones) is 1. The Bertz CT molecular complexity index is 751. The number of benzene rings is 1. The number of ether oxygens (including phenoxy) is 1. The summed E-state index contributed by atoms with van der Waals surface area (Å²) in [5, 5.41) is 5.31. The predicted molar refractivity (Wildman–Crippen MR) is 82.1 cm³/mol. The molecule has 4 rings (SSSR count). The largest absolute Gasteiger partial charge is 0.448 e. The van der Waals surface area contributed by atoms with Crippen LogP contribution in [0.3, 0.4) is 0 Å². The molecule has 1 amide bonds. The molecule has 1 aliphatic heterocycles. The smallest absolute Gasteiger partial charge is 0.339 e. The lowest BCUT2D eigenvalue weighted by Crippen LogP contribution is -2.37. The molecule has 1 saturated carbocycles. The Morgan fingerprint density at radius 3 is 2.95 bits per heavy atom. The molecule has 1 aromatic carbocycles. The van der Waals surface area contributed by atoms with Gasteiger partial charge in [0.25, 0.3) is 5.91 Å². The number of hydrogen-bond donors (Lipinski definition) is 1. The van der Waals surface area contributed by atoms with E-state index in [0.29, 0.717) is 23.0 Å². The second-order valence-electron chi connectivity index (χ2n) is 5.60. The van der Waals surface area contributed by atoms with Crippen LogP contribution in [-0.4, -0.2) is 23.0 Å². The summed E-state index contributed by atoms with van der Waals surface area (Å²) in [6, 6.07) is 7.21. The molecule has 1 N–H and O–H groups in total. The number of esters is 1. The van der Waals surface area contributed by atoms with Crippen molar-refractivity contribution >= 4 is 28.3 Å². The fourth-order valence-electron chi connectivity index (χ4n) is 2.57. The van der Waals surface area contributed by atoms with Crippen LogP contribution in [0.15, 0.2) is 29.6 Å². The lowest BCUT2D eigenvalue weighted by atomic mass is 9.98. The highest BCUT2D eigenvalue weighted by Gasteiger charge is 2.32. The second-order valence-corrected chi connectivity index (χ2v) is 6.45. The van der Waals surface area contributed by atoms with Gasteiger partial charge in [-0.25, -0.2) is 9.78 Å². The summed E-state index contributed by atoms with van der Waals surface area (Å²) in [5.74, 6) is -0.208. The molecular weight excluding hydrogens is 300 g/mol. The van der Waals surface area contributed by atoms with Gasteiger partial charge in [0.05, 0.1) is 11.3 Å². The summed E-state index contributed by atoms with van der Waals surface area (Å²) in [7, 11) is 0. The number of rotatable bonds is 3. The highest BCUT2D eigenvalue weighted by Crippen LogP contribution is 2.40. The first-order valence-corrected chi connectivity index (χ1v) is 8.14. The van der Waals surface area contributed by atoms with Crippen LogP contribution in [0.2, 0.25) is 0 Å². The van der Waals surface area contributed by atoms with Gasteiger partial charge in [-0.3, -0.25) is 10.1 Å². The third-order valence-electron chi connectivity index (χ3n) is 3.93. The molecule has 5 nitrogen and oxygen atoms in total. The number of nitrogens with zero attached hydrogens (tertiary/aromatic N) is 1. The molecule has 1 unspecified atom stereocenters. The molecule has 2 heterocycles. The zero-order valence-electron chi connectivity index (χ0n) is 11.7. The van der Waals surface area contributed by atoms with E-state index in [0.717, 1.165) is 11.3 Å². The van der Waals surface area contributed by atoms with E-state index < -0.39 is 12.1 Å². The number of aromatic nitrogens is 1. The van der Waals surface area contributed by atoms with Gasteiger partial charge in [0, 0.05) is 17.7 Å². The number of nitrogens with one attached hydrogen (secondary N) is 1. The number of carbonyl (C=O) groups excluding carboxylic acids is 2. The third kappa shape index (κ3) is 2.50. The van der Waals surface area contributed by atoms with Crippen LogP contribution in [-0.2, 0) is 16.0 Å². The maximum absolute atomic E-state index is 12.3. The van der Waals surface area contributed by atoms with Crippen LogP contribution < -0.4 is 5.32 Å². The van der Waals surface area contributed by atoms with Gasteiger partial charge in [-0.15, -0.1) is 11.3 Å². The summed E-state index contributed by atoms with van der Waals surface area (Å²) in [4.78, 5) is 28.7. The van der Waals surface area contributed by atoms with Crippen LogP contribution in [0.5, 0.6) is 0 Å². The van der Waals surface area contributed by atoms with Gasteiger partial charge in [-0.2, -0.15) is 0 Å². The van der Waals surface area contributed by atoms with Crippen molar-refractivity contribution in [2.45, 2.75) is 31.3 Å². The molecule has 2 aliphatic rings. The molecule has 6 heteroatoms. The third-order valence-corrected chi connectivity index (χ3v) is 4.71. The van der Waals surface area contributed by atoms with Crippen molar-refractivity contribution < 1.29 is 14.3 Å². The lowest BCUT2D eigenvalue weighted by molar-refractivity contribution is -0.125. The fourth-order valence-corrected chi connectivity index (χ4v) is 3.37. The molecule has 1 aromatic heterocycles. The van der Waals surface area contributed by atoms with Crippen molar-refractivity contribution in [3.05, 3.63) is 46.5 Å². The standard InChI is InChI=1S/C16H14N2O3S/c19-14(18-16-17-12(8-22-16)9-5-6-9)13-7-10-3-1-2-4-11(10)15(20)21-13/h1-4,8-9,13H,5-7H2,(H,17,18,19). The average Bonchev–Trinajstić information content (AvgIpc) is 3.27. The first kappa shape index (κ1) is 13.5. The van der Waals surface area contributed by atoms with Crippen molar-refractivity contribution in [2.75, 3.05) is 5.32 Å². The van der Waals surface area contributed by atoms with Crippen molar-refractivity contribution in [3.8, 4) is 0 Å². The van der Waals surface area contributed by atoms with Gasteiger partial charge in [0.15, 0.2) is 11.2 Å². The topological polar surface area (TPSA) is 68.3 Å². The zero-order chi connectivity index (χ0) is 15.1. The van der Waals surface area contributed by atoms with Crippen molar-refractivity contribution in [1.29, 1.82) is 0 Å². The van der Waals surface area contributed by atoms with Crippen LogP contribution in [0, 0.1) is 0 Å². The first-order chi connectivity index (χ1) is 10.7. The number of hydrogen-bond acceptors (Lipinski definition) is 5. The molecule has 1 fully saturated rings. The quantitative estimate of drug-likeness (QED) is 0.885. The fraction of sp³-hybridized carbons (Fsp3) is 0.312. The molecule has 2 aromatic rings. The predicted octanol–water partition coefficient (Wildman–Crippen LogP) is 2.74. The minimum Gasteiger partial charge on any atom is -0.448 e. The maximum atomic E-state index is 12.3. The Morgan fingerprint density at radius 1 is 1.32 bits per heavy atom. The number of carbonyl (C=O) groups is 2. The Hall–Kier alpha value is -2.21. The summed E-state index contributed by atoms with van der Waals surface area (Å²) in [5.41, 5.74) is 2.43. The Kier molecular flexibility index (Phi) is 3.18. The van der Waals surface area contributed by atoms with Gasteiger partial charge in [0.2, 0.25) is 0 Å². The van der Waals surface area contributed by atoms with E-state index in [1.807, 2.05) is 17.5 Å². The van der Waals surface area contributed by atoms with E-state index in [9.17, 15) is 9.59 Å². The summed E-state index contributed by atoms with van der Waals surface area (Å²) in [6.07, 6.45) is 1.95. The molecule has 1 atom stereocenters. The monoisotopic (exact) mass is 314 g/mol. The maximum Gasteiger partial charge on any atom is 0.339 e. The van der Waals surface area contributed by atoms with Gasteiger partial charge < -0.3 is 4.74 Å². The van der Waals surface area contributed by atoms with E-state index in [2.05, 4.69) is 10.3 Å². The summed E-state index contributed by atoms with van der Waals surface area (Å²) in [6.45, 7) is 0. The molecule has 0 saturated heterocycles. The minimum absolute atomic E-state index is 0.320. The summed E-state index contributed by atoms with van der Waals surface area (Å²) >= 11 is 1.41. The van der Waals surface area contributed by atoms with E-state index >= 15 is 0 Å². The Balaban J connectivity index is 1.47. The van der Waals surface area contributed by atoms with Crippen molar-refractivity contribution in [1.82, 2.24) is 4.98 Å². The minimum atomic E-state index is -0.796. The van der Waals surface area contributed by atoms with Gasteiger partial charge >= 0.3 is 5.97 Å². The van der Waals surface area contributed by atoms with E-state index in [1.54, 1.807) is 12.1 Å². The molecular formula is C16H14N2O3S. The highest BCUT2D eigenvalue weighted by atomic mass is 32.1. The number of amides is 1. The van der Waals surface area contributed by atoms with Gasteiger partial charge in [-0.05, 0) is 24.5 Å². The van der Waals surface area contributed by atoms with E-state index in [4.69, 9.17) is 4.74 Å². The van der Waals surface area contributed by atoms with Crippen LogP contribution in [0.25, 0.3) is 0 Å². The molecule has 1 aliphatic carbocycles. The van der Waals surface area contributed by atoms with Crippen LogP contribution in [0.1, 0.15) is 40.4 Å².